The molecule has 5 heteroatoms. The van der Waals surface area contributed by atoms with Gasteiger partial charge in [0.05, 0.1) is 0 Å². The van der Waals surface area contributed by atoms with E-state index < -0.39 is 0 Å². The van der Waals surface area contributed by atoms with Gasteiger partial charge in [0.1, 0.15) is 0 Å². The highest BCUT2D eigenvalue weighted by atomic mass is 16.1. The molecular weight excluding hydrogens is 158 g/mol. The molecule has 2 amide bonds. The molecule has 0 saturated heterocycles. The van der Waals surface area contributed by atoms with Gasteiger partial charge in [0, 0.05) is 25.9 Å². The predicted molar refractivity (Wildman–Crippen MR) is 45.1 cm³/mol. The second-order valence-electron chi connectivity index (χ2n) is 2.74. The number of carbonyl (C=O) groups excluding carboxylic acids is 2. The standard InChI is InChI=1S/C7H15N3O2/c1-10(4-2-6(8)11)5-3-7(9)12/h2-5H2,1H3,(H2,8,11)(H2,9,12). The van der Waals surface area contributed by atoms with Crippen LogP contribution in [0.25, 0.3) is 0 Å². The van der Waals surface area contributed by atoms with E-state index in [0.29, 0.717) is 25.9 Å². The average Bonchev–Trinajstić information content (AvgIpc) is 1.96. The molecule has 0 fully saturated rings. The monoisotopic (exact) mass is 173 g/mol. The molecule has 0 rings (SSSR count). The van der Waals surface area contributed by atoms with Crippen LogP contribution in [0.15, 0.2) is 0 Å². The molecule has 0 aromatic heterocycles. The van der Waals surface area contributed by atoms with Crippen LogP contribution in [-0.4, -0.2) is 36.9 Å². The zero-order chi connectivity index (χ0) is 9.56. The molecule has 0 spiro atoms. The molecular formula is C7H15N3O2. The normalized spacial score (nSPS) is 10.2. The van der Waals surface area contributed by atoms with E-state index in [1.54, 1.807) is 0 Å². The minimum Gasteiger partial charge on any atom is -0.370 e. The molecule has 0 atom stereocenters. The first-order valence-corrected chi connectivity index (χ1v) is 3.77. The number of amides is 2. The summed E-state index contributed by atoms with van der Waals surface area (Å²) in [6.45, 7) is 1.14. The zero-order valence-corrected chi connectivity index (χ0v) is 7.25. The first-order chi connectivity index (χ1) is 5.52. The quantitative estimate of drug-likeness (QED) is 0.521. The van der Waals surface area contributed by atoms with Crippen LogP contribution in [0.1, 0.15) is 12.8 Å². The van der Waals surface area contributed by atoms with Gasteiger partial charge < -0.3 is 16.4 Å². The minimum absolute atomic E-state index is 0.315. The highest BCUT2D eigenvalue weighted by molar-refractivity contribution is 5.74. The summed E-state index contributed by atoms with van der Waals surface area (Å²) in [5.41, 5.74) is 9.88. The maximum atomic E-state index is 10.3. The second-order valence-corrected chi connectivity index (χ2v) is 2.74. The Hall–Kier alpha value is -1.10. The molecule has 12 heavy (non-hydrogen) atoms. The van der Waals surface area contributed by atoms with Crippen LogP contribution in [0.4, 0.5) is 0 Å². The van der Waals surface area contributed by atoms with Gasteiger partial charge in [0.25, 0.3) is 0 Å². The summed E-state index contributed by atoms with van der Waals surface area (Å²) in [6.07, 6.45) is 0.629. The number of carbonyl (C=O) groups is 2. The van der Waals surface area contributed by atoms with Crippen molar-refractivity contribution in [3.05, 3.63) is 0 Å². The summed E-state index contributed by atoms with van der Waals surface area (Å²) in [5.74, 6) is -0.665. The van der Waals surface area contributed by atoms with E-state index in [2.05, 4.69) is 0 Å². The Balaban J connectivity index is 3.39. The smallest absolute Gasteiger partial charge is 0.218 e. The minimum atomic E-state index is -0.332. The third-order valence-electron chi connectivity index (χ3n) is 1.48. The fourth-order valence-corrected chi connectivity index (χ4v) is 0.714. The molecule has 0 aliphatic carbocycles. The Morgan fingerprint density at radius 3 is 1.67 bits per heavy atom. The summed E-state index contributed by atoms with van der Waals surface area (Å²) < 4.78 is 0. The molecule has 0 unspecified atom stereocenters. The van der Waals surface area contributed by atoms with Crippen molar-refractivity contribution in [2.45, 2.75) is 12.8 Å². The molecule has 0 radical (unpaired) electrons. The molecule has 70 valence electrons. The van der Waals surface area contributed by atoms with E-state index in [4.69, 9.17) is 11.5 Å². The predicted octanol–water partition coefficient (Wildman–Crippen LogP) is -1.33. The Labute approximate surface area is 71.7 Å². The largest absolute Gasteiger partial charge is 0.370 e. The number of primary amides is 2. The summed E-state index contributed by atoms with van der Waals surface area (Å²) in [6, 6.07) is 0. The number of hydrogen-bond acceptors (Lipinski definition) is 3. The molecule has 0 saturated carbocycles. The third kappa shape index (κ3) is 7.01. The van der Waals surface area contributed by atoms with E-state index in [-0.39, 0.29) is 11.8 Å². The zero-order valence-electron chi connectivity index (χ0n) is 7.25. The van der Waals surface area contributed by atoms with Gasteiger partial charge >= 0.3 is 0 Å². The maximum absolute atomic E-state index is 10.3. The van der Waals surface area contributed by atoms with Gasteiger partial charge in [-0.05, 0) is 7.05 Å². The van der Waals surface area contributed by atoms with Gasteiger partial charge in [-0.3, -0.25) is 9.59 Å². The van der Waals surface area contributed by atoms with Crippen molar-refractivity contribution in [3.63, 3.8) is 0 Å². The van der Waals surface area contributed by atoms with Gasteiger partial charge in [-0.2, -0.15) is 0 Å². The van der Waals surface area contributed by atoms with Crippen molar-refractivity contribution >= 4 is 11.8 Å². The van der Waals surface area contributed by atoms with E-state index in [9.17, 15) is 9.59 Å². The van der Waals surface area contributed by atoms with E-state index in [1.807, 2.05) is 11.9 Å². The van der Waals surface area contributed by atoms with E-state index in [0.717, 1.165) is 0 Å². The lowest BCUT2D eigenvalue weighted by atomic mass is 10.3. The van der Waals surface area contributed by atoms with Crippen molar-refractivity contribution < 1.29 is 9.59 Å². The Bertz CT molecular complexity index is 152. The van der Waals surface area contributed by atoms with Crippen molar-refractivity contribution in [2.75, 3.05) is 20.1 Å². The fourth-order valence-electron chi connectivity index (χ4n) is 0.714. The number of hydrogen-bond donors (Lipinski definition) is 2. The first-order valence-electron chi connectivity index (χ1n) is 3.77. The highest BCUT2D eigenvalue weighted by Gasteiger charge is 2.02. The fraction of sp³-hybridized carbons (Fsp3) is 0.714. The van der Waals surface area contributed by atoms with Gasteiger partial charge in [-0.25, -0.2) is 0 Å². The number of nitrogens with zero attached hydrogens (tertiary/aromatic N) is 1. The Kier molecular flexibility index (Phi) is 5.03. The van der Waals surface area contributed by atoms with Crippen molar-refractivity contribution in [1.29, 1.82) is 0 Å². The number of rotatable bonds is 6. The van der Waals surface area contributed by atoms with Crippen molar-refractivity contribution in [3.8, 4) is 0 Å². The lowest BCUT2D eigenvalue weighted by Crippen LogP contribution is -2.28. The lowest BCUT2D eigenvalue weighted by Gasteiger charge is -2.13. The van der Waals surface area contributed by atoms with Gasteiger partial charge in [0.2, 0.25) is 11.8 Å². The average molecular weight is 173 g/mol. The molecule has 0 bridgehead atoms. The van der Waals surface area contributed by atoms with E-state index in [1.165, 1.54) is 0 Å². The van der Waals surface area contributed by atoms with Crippen molar-refractivity contribution in [2.24, 2.45) is 11.5 Å². The van der Waals surface area contributed by atoms with Crippen LogP contribution in [0, 0.1) is 0 Å². The van der Waals surface area contributed by atoms with Crippen LogP contribution in [0.3, 0.4) is 0 Å². The van der Waals surface area contributed by atoms with Gasteiger partial charge in [0.15, 0.2) is 0 Å². The third-order valence-corrected chi connectivity index (χ3v) is 1.48. The van der Waals surface area contributed by atoms with Crippen LogP contribution < -0.4 is 11.5 Å². The van der Waals surface area contributed by atoms with Gasteiger partial charge in [-0.15, -0.1) is 0 Å². The summed E-state index contributed by atoms with van der Waals surface area (Å²) in [7, 11) is 1.81. The van der Waals surface area contributed by atoms with Crippen LogP contribution in [0.2, 0.25) is 0 Å². The highest BCUT2D eigenvalue weighted by Crippen LogP contribution is 1.88. The number of nitrogens with two attached hydrogens (primary N) is 2. The molecule has 0 aromatic rings. The molecule has 4 N–H and O–H groups in total. The Morgan fingerprint density at radius 1 is 1.08 bits per heavy atom. The Morgan fingerprint density at radius 2 is 1.42 bits per heavy atom. The summed E-state index contributed by atoms with van der Waals surface area (Å²) in [4.78, 5) is 22.5. The molecule has 0 aromatic carbocycles. The molecule has 5 nitrogen and oxygen atoms in total. The lowest BCUT2D eigenvalue weighted by molar-refractivity contribution is -0.118. The molecule has 0 heterocycles. The van der Waals surface area contributed by atoms with E-state index >= 15 is 0 Å². The first kappa shape index (κ1) is 10.9. The van der Waals surface area contributed by atoms with Crippen LogP contribution in [-0.2, 0) is 9.59 Å². The van der Waals surface area contributed by atoms with Crippen molar-refractivity contribution in [1.82, 2.24) is 4.90 Å². The summed E-state index contributed by atoms with van der Waals surface area (Å²) >= 11 is 0. The molecule has 0 aliphatic heterocycles. The maximum Gasteiger partial charge on any atom is 0.218 e. The summed E-state index contributed by atoms with van der Waals surface area (Å²) in [5, 5.41) is 0. The molecule has 0 aliphatic rings. The second kappa shape index (κ2) is 5.54. The van der Waals surface area contributed by atoms with Crippen LogP contribution >= 0.6 is 0 Å². The SMILES string of the molecule is CN(CCC(N)=O)CCC(N)=O. The van der Waals surface area contributed by atoms with Gasteiger partial charge in [-0.1, -0.05) is 0 Å². The van der Waals surface area contributed by atoms with Crippen LogP contribution in [0.5, 0.6) is 0 Å². The topological polar surface area (TPSA) is 89.4 Å².